The molecule has 2 aromatic carbocycles. The quantitative estimate of drug-likeness (QED) is 0.742. The molecule has 29 heavy (non-hydrogen) atoms. The third kappa shape index (κ3) is 4.35. The van der Waals surface area contributed by atoms with Gasteiger partial charge in [-0.3, -0.25) is 9.59 Å². The Balaban J connectivity index is 1.44. The lowest BCUT2D eigenvalue weighted by Crippen LogP contribution is -2.50. The van der Waals surface area contributed by atoms with Crippen LogP contribution in [0.1, 0.15) is 49.8 Å². The maximum absolute atomic E-state index is 13.2. The Morgan fingerprint density at radius 2 is 1.86 bits per heavy atom. The molecule has 3 unspecified atom stereocenters. The largest absolute Gasteiger partial charge is 0.347 e. The van der Waals surface area contributed by atoms with E-state index in [4.69, 9.17) is 0 Å². The number of carbonyl (C=O) groups excluding carboxylic acids is 2. The van der Waals surface area contributed by atoms with Crippen LogP contribution < -0.4 is 5.32 Å². The Morgan fingerprint density at radius 1 is 1.17 bits per heavy atom. The van der Waals surface area contributed by atoms with E-state index in [0.29, 0.717) is 12.2 Å². The highest BCUT2D eigenvalue weighted by Gasteiger charge is 2.53. The van der Waals surface area contributed by atoms with Crippen LogP contribution in [0.3, 0.4) is 0 Å². The topological polar surface area (TPSA) is 49.4 Å². The molecule has 1 N–H and O–H groups in total. The van der Waals surface area contributed by atoms with Crippen LogP contribution in [0.2, 0.25) is 0 Å². The highest BCUT2D eigenvalue weighted by molar-refractivity contribution is 8.01. The molecule has 2 saturated heterocycles. The van der Waals surface area contributed by atoms with Crippen molar-refractivity contribution in [3.8, 4) is 0 Å². The van der Waals surface area contributed by atoms with E-state index >= 15 is 0 Å². The fourth-order valence-corrected chi connectivity index (χ4v) is 5.88. The smallest absolute Gasteiger partial charge is 0.244 e. The highest BCUT2D eigenvalue weighted by atomic mass is 32.2. The minimum atomic E-state index is -0.361. The molecule has 2 aliphatic rings. The summed E-state index contributed by atoms with van der Waals surface area (Å²) in [7, 11) is 0. The third-order valence-corrected chi connectivity index (χ3v) is 7.57. The van der Waals surface area contributed by atoms with E-state index in [1.165, 1.54) is 5.56 Å². The van der Waals surface area contributed by atoms with Crippen molar-refractivity contribution in [3.63, 3.8) is 0 Å². The molecule has 4 nitrogen and oxygen atoms in total. The normalized spacial score (nSPS) is 24.4. The van der Waals surface area contributed by atoms with Gasteiger partial charge >= 0.3 is 0 Å². The van der Waals surface area contributed by atoms with E-state index in [-0.39, 0.29) is 28.8 Å². The van der Waals surface area contributed by atoms with Gasteiger partial charge in [-0.25, -0.2) is 0 Å². The summed E-state index contributed by atoms with van der Waals surface area (Å²) in [6.07, 6.45) is 4.23. The number of nitrogens with one attached hydrogen (secondary N) is 1. The van der Waals surface area contributed by atoms with Gasteiger partial charge in [-0.05, 0) is 43.7 Å². The predicted octanol–water partition coefficient (Wildman–Crippen LogP) is 4.32. The average molecular weight is 409 g/mol. The third-order valence-electron chi connectivity index (χ3n) is 6.07. The Morgan fingerprint density at radius 3 is 2.59 bits per heavy atom. The number of aryl methyl sites for hydroxylation is 1. The standard InChI is InChI=1S/C24H28N2O2S/c1-24-16-15-22(27)26(24)21(17-29-24)23(28)25-20(19-12-6-3-7-13-19)14-8-11-18-9-4-2-5-10-18/h2-7,9-10,12-13,20-21H,8,11,14-17H2,1H3,(H,25,28). The number of thioether (sulfide) groups is 1. The van der Waals surface area contributed by atoms with Crippen LogP contribution in [0.25, 0.3) is 0 Å². The Kier molecular flexibility index (Phi) is 5.95. The van der Waals surface area contributed by atoms with Crippen LogP contribution in [0, 0.1) is 0 Å². The van der Waals surface area contributed by atoms with Gasteiger partial charge in [0.25, 0.3) is 0 Å². The summed E-state index contributed by atoms with van der Waals surface area (Å²) in [5.74, 6) is 0.766. The molecule has 0 radical (unpaired) electrons. The molecule has 2 aromatic rings. The molecule has 4 rings (SSSR count). The van der Waals surface area contributed by atoms with Crippen LogP contribution in [-0.2, 0) is 16.0 Å². The van der Waals surface area contributed by atoms with Crippen molar-refractivity contribution in [2.24, 2.45) is 0 Å². The number of hydrogen-bond acceptors (Lipinski definition) is 3. The molecular formula is C24H28N2O2S. The molecule has 2 heterocycles. The zero-order valence-electron chi connectivity index (χ0n) is 16.8. The number of nitrogens with zero attached hydrogens (tertiary/aromatic N) is 1. The van der Waals surface area contributed by atoms with Crippen LogP contribution in [0.5, 0.6) is 0 Å². The summed E-state index contributed by atoms with van der Waals surface area (Å²) >= 11 is 1.74. The fourth-order valence-electron chi connectivity index (χ4n) is 4.45. The highest BCUT2D eigenvalue weighted by Crippen LogP contribution is 2.47. The summed E-state index contributed by atoms with van der Waals surface area (Å²) in [6.45, 7) is 2.09. The summed E-state index contributed by atoms with van der Waals surface area (Å²) in [4.78, 5) is 27.2. The molecule has 152 valence electrons. The number of rotatable bonds is 7. The number of carbonyl (C=O) groups is 2. The molecule has 0 aromatic heterocycles. The molecule has 2 aliphatic heterocycles. The van der Waals surface area contributed by atoms with Gasteiger partial charge in [0.2, 0.25) is 11.8 Å². The van der Waals surface area contributed by atoms with E-state index in [2.05, 4.69) is 48.6 Å². The van der Waals surface area contributed by atoms with Gasteiger partial charge in [-0.1, -0.05) is 60.7 Å². The first-order valence-corrected chi connectivity index (χ1v) is 11.4. The Labute approximate surface area is 177 Å². The summed E-state index contributed by atoms with van der Waals surface area (Å²) in [5, 5.41) is 3.27. The number of amides is 2. The second kappa shape index (κ2) is 8.62. The SMILES string of the molecule is CC12CCC(=O)N1C(C(=O)NC(CCCc1ccccc1)c1ccccc1)CS2. The summed E-state index contributed by atoms with van der Waals surface area (Å²) in [6, 6.07) is 20.2. The van der Waals surface area contributed by atoms with Gasteiger partial charge < -0.3 is 10.2 Å². The van der Waals surface area contributed by atoms with Crippen molar-refractivity contribution in [1.82, 2.24) is 10.2 Å². The minimum Gasteiger partial charge on any atom is -0.347 e. The number of hydrogen-bond donors (Lipinski definition) is 1. The summed E-state index contributed by atoms with van der Waals surface area (Å²) < 4.78 is 0. The maximum atomic E-state index is 13.2. The Hall–Kier alpha value is -2.27. The van der Waals surface area contributed by atoms with Gasteiger partial charge in [0.1, 0.15) is 6.04 Å². The molecule has 5 heteroatoms. The fraction of sp³-hybridized carbons (Fsp3) is 0.417. The van der Waals surface area contributed by atoms with E-state index in [0.717, 1.165) is 31.2 Å². The maximum Gasteiger partial charge on any atom is 0.244 e. The number of benzene rings is 2. The van der Waals surface area contributed by atoms with Crippen molar-refractivity contribution in [3.05, 3.63) is 71.8 Å². The van der Waals surface area contributed by atoms with Crippen molar-refractivity contribution < 1.29 is 9.59 Å². The van der Waals surface area contributed by atoms with E-state index in [1.807, 2.05) is 29.2 Å². The van der Waals surface area contributed by atoms with Gasteiger partial charge in [-0.2, -0.15) is 0 Å². The van der Waals surface area contributed by atoms with Crippen molar-refractivity contribution in [2.45, 2.75) is 56.0 Å². The van der Waals surface area contributed by atoms with Gasteiger partial charge in [0.05, 0.1) is 10.9 Å². The monoisotopic (exact) mass is 408 g/mol. The van der Waals surface area contributed by atoms with Crippen LogP contribution >= 0.6 is 11.8 Å². The first kappa shape index (κ1) is 20.0. The lowest BCUT2D eigenvalue weighted by molar-refractivity contribution is -0.138. The molecule has 0 spiro atoms. The number of fused-ring (bicyclic) bond motifs is 1. The molecular weight excluding hydrogens is 380 g/mol. The first-order chi connectivity index (χ1) is 14.1. The van der Waals surface area contributed by atoms with Crippen molar-refractivity contribution in [2.75, 3.05) is 5.75 Å². The van der Waals surface area contributed by atoms with Crippen molar-refractivity contribution in [1.29, 1.82) is 0 Å². The lowest BCUT2D eigenvalue weighted by atomic mass is 9.98. The predicted molar refractivity (Wildman–Crippen MR) is 117 cm³/mol. The molecule has 2 fully saturated rings. The van der Waals surface area contributed by atoms with Crippen LogP contribution in [0.15, 0.2) is 60.7 Å². The molecule has 0 aliphatic carbocycles. The van der Waals surface area contributed by atoms with Crippen LogP contribution in [-0.4, -0.2) is 33.4 Å². The minimum absolute atomic E-state index is 0.0231. The zero-order chi connectivity index (χ0) is 20.3. The average Bonchev–Trinajstić information content (AvgIpc) is 3.24. The molecule has 0 saturated carbocycles. The Bertz CT molecular complexity index is 858. The van der Waals surface area contributed by atoms with Crippen LogP contribution in [0.4, 0.5) is 0 Å². The summed E-state index contributed by atoms with van der Waals surface area (Å²) in [5.41, 5.74) is 2.44. The zero-order valence-corrected chi connectivity index (χ0v) is 17.7. The van der Waals surface area contributed by atoms with E-state index < -0.39 is 0 Å². The van der Waals surface area contributed by atoms with Gasteiger partial charge in [0, 0.05) is 12.2 Å². The van der Waals surface area contributed by atoms with E-state index in [9.17, 15) is 9.59 Å². The van der Waals surface area contributed by atoms with E-state index in [1.54, 1.807) is 11.8 Å². The molecule has 2 amide bonds. The van der Waals surface area contributed by atoms with Crippen molar-refractivity contribution >= 4 is 23.6 Å². The molecule has 3 atom stereocenters. The van der Waals surface area contributed by atoms with Gasteiger partial charge in [-0.15, -0.1) is 11.8 Å². The lowest BCUT2D eigenvalue weighted by Gasteiger charge is -2.31. The second-order valence-electron chi connectivity index (χ2n) is 8.12. The first-order valence-electron chi connectivity index (χ1n) is 10.4. The van der Waals surface area contributed by atoms with Gasteiger partial charge in [0.15, 0.2) is 0 Å². The molecule has 0 bridgehead atoms. The second-order valence-corrected chi connectivity index (χ2v) is 9.62.